The zero-order valence-corrected chi connectivity index (χ0v) is 12.1. The first-order valence-electron chi connectivity index (χ1n) is 6.54. The summed E-state index contributed by atoms with van der Waals surface area (Å²) >= 11 is 0. The molecule has 0 amide bonds. The van der Waals surface area contributed by atoms with Crippen molar-refractivity contribution in [2.75, 3.05) is 13.6 Å². The van der Waals surface area contributed by atoms with Crippen LogP contribution in [-0.4, -0.2) is 34.3 Å². The van der Waals surface area contributed by atoms with E-state index in [9.17, 15) is 0 Å². The highest BCUT2D eigenvalue weighted by Gasteiger charge is 2.06. The molecule has 0 atom stereocenters. The van der Waals surface area contributed by atoms with Crippen molar-refractivity contribution in [3.8, 4) is 0 Å². The van der Waals surface area contributed by atoms with Gasteiger partial charge in [0.15, 0.2) is 5.96 Å². The van der Waals surface area contributed by atoms with Crippen molar-refractivity contribution in [3.63, 3.8) is 0 Å². The van der Waals surface area contributed by atoms with Crippen molar-refractivity contribution in [2.24, 2.45) is 4.99 Å². The molecule has 0 spiro atoms. The van der Waals surface area contributed by atoms with E-state index in [1.807, 2.05) is 30.8 Å². The highest BCUT2D eigenvalue weighted by molar-refractivity contribution is 5.79. The summed E-state index contributed by atoms with van der Waals surface area (Å²) in [6.07, 6.45) is 3.69. The van der Waals surface area contributed by atoms with Crippen LogP contribution in [0.4, 0.5) is 0 Å². The van der Waals surface area contributed by atoms with Gasteiger partial charge in [-0.1, -0.05) is 0 Å². The molecule has 0 aromatic carbocycles. The Morgan fingerprint density at radius 2 is 2.25 bits per heavy atom. The van der Waals surface area contributed by atoms with Gasteiger partial charge in [0.25, 0.3) is 0 Å². The van der Waals surface area contributed by atoms with Crippen LogP contribution in [0, 0.1) is 13.8 Å². The molecule has 2 N–H and O–H groups in total. The predicted molar refractivity (Wildman–Crippen MR) is 76.4 cm³/mol. The average Bonchev–Trinajstić information content (AvgIpc) is 3.05. The van der Waals surface area contributed by atoms with Crippen molar-refractivity contribution in [3.05, 3.63) is 35.8 Å². The van der Waals surface area contributed by atoms with Crippen LogP contribution >= 0.6 is 0 Å². The Morgan fingerprint density at radius 1 is 1.40 bits per heavy atom. The van der Waals surface area contributed by atoms with E-state index in [-0.39, 0.29) is 0 Å². The number of aromatic nitrogens is 3. The lowest BCUT2D eigenvalue weighted by Gasteiger charge is -2.10. The normalized spacial score (nSPS) is 11.7. The smallest absolute Gasteiger partial charge is 0.214 e. The molecule has 2 aromatic heterocycles. The number of oxazole rings is 1. The topological polar surface area (TPSA) is 80.3 Å². The van der Waals surface area contributed by atoms with E-state index in [1.165, 1.54) is 0 Å². The molecule has 2 aromatic rings. The van der Waals surface area contributed by atoms with Gasteiger partial charge in [-0.15, -0.1) is 0 Å². The number of guanidine groups is 1. The highest BCUT2D eigenvalue weighted by Crippen LogP contribution is 2.07. The lowest BCUT2D eigenvalue weighted by atomic mass is 10.4. The van der Waals surface area contributed by atoms with E-state index < -0.39 is 0 Å². The minimum atomic E-state index is 0.510. The van der Waals surface area contributed by atoms with Crippen LogP contribution in [0.2, 0.25) is 0 Å². The number of nitrogens with zero attached hydrogens (tertiary/aromatic N) is 4. The number of nitrogens with one attached hydrogen (secondary N) is 2. The van der Waals surface area contributed by atoms with E-state index in [4.69, 9.17) is 4.42 Å². The summed E-state index contributed by atoms with van der Waals surface area (Å²) < 4.78 is 7.36. The quantitative estimate of drug-likeness (QED) is 0.625. The molecule has 0 bridgehead atoms. The SMILES string of the molecule is CN=C(NCCn1cccn1)NCc1nc(C)c(C)o1. The fourth-order valence-electron chi connectivity index (χ4n) is 1.72. The molecule has 0 saturated heterocycles. The number of aliphatic imine (C=N–C) groups is 1. The molecule has 2 rings (SSSR count). The Morgan fingerprint density at radius 3 is 2.85 bits per heavy atom. The van der Waals surface area contributed by atoms with E-state index >= 15 is 0 Å². The van der Waals surface area contributed by atoms with Crippen LogP contribution < -0.4 is 10.6 Å². The third-order valence-electron chi connectivity index (χ3n) is 2.90. The van der Waals surface area contributed by atoms with Crippen molar-refractivity contribution in [2.45, 2.75) is 26.9 Å². The Labute approximate surface area is 118 Å². The molecule has 7 heteroatoms. The second-order valence-corrected chi connectivity index (χ2v) is 4.37. The predicted octanol–water partition coefficient (Wildman–Crippen LogP) is 0.853. The summed E-state index contributed by atoms with van der Waals surface area (Å²) in [6.45, 7) is 5.87. The molecule has 0 fully saturated rings. The monoisotopic (exact) mass is 276 g/mol. The lowest BCUT2D eigenvalue weighted by Crippen LogP contribution is -2.38. The second kappa shape index (κ2) is 6.74. The standard InChI is InChI=1S/C13H20N6O/c1-10-11(2)20-12(18-10)9-16-13(14-3)15-6-8-19-7-4-5-17-19/h4-5,7H,6,8-9H2,1-3H3,(H2,14,15,16). The Kier molecular flexibility index (Phi) is 4.75. The molecule has 0 saturated carbocycles. The molecule has 2 heterocycles. The fourth-order valence-corrected chi connectivity index (χ4v) is 1.72. The van der Waals surface area contributed by atoms with Gasteiger partial charge < -0.3 is 15.1 Å². The van der Waals surface area contributed by atoms with Gasteiger partial charge in [0, 0.05) is 26.0 Å². The highest BCUT2D eigenvalue weighted by atomic mass is 16.4. The molecule has 0 aliphatic carbocycles. The van der Waals surface area contributed by atoms with Gasteiger partial charge in [-0.3, -0.25) is 9.67 Å². The van der Waals surface area contributed by atoms with Gasteiger partial charge in [-0.25, -0.2) is 4.98 Å². The largest absolute Gasteiger partial charge is 0.444 e. The van der Waals surface area contributed by atoms with Gasteiger partial charge in [-0.2, -0.15) is 5.10 Å². The third-order valence-corrected chi connectivity index (χ3v) is 2.90. The zero-order valence-electron chi connectivity index (χ0n) is 12.1. The van der Waals surface area contributed by atoms with Crippen LogP contribution in [-0.2, 0) is 13.1 Å². The number of aryl methyl sites for hydroxylation is 2. The number of hydrogen-bond donors (Lipinski definition) is 2. The molecule has 108 valence electrons. The van der Waals surface area contributed by atoms with Gasteiger partial charge in [0.05, 0.1) is 18.8 Å². The first kappa shape index (κ1) is 14.1. The van der Waals surface area contributed by atoms with Crippen molar-refractivity contribution >= 4 is 5.96 Å². The average molecular weight is 276 g/mol. The summed E-state index contributed by atoms with van der Waals surface area (Å²) in [4.78, 5) is 8.46. The number of hydrogen-bond acceptors (Lipinski definition) is 4. The zero-order chi connectivity index (χ0) is 14.4. The maximum absolute atomic E-state index is 5.50. The Balaban J connectivity index is 1.75. The van der Waals surface area contributed by atoms with Gasteiger partial charge in [0.2, 0.25) is 5.89 Å². The van der Waals surface area contributed by atoms with Crippen molar-refractivity contribution < 1.29 is 4.42 Å². The third kappa shape index (κ3) is 3.84. The van der Waals surface area contributed by atoms with Crippen LogP contribution in [0.3, 0.4) is 0 Å². The lowest BCUT2D eigenvalue weighted by molar-refractivity contribution is 0.463. The second-order valence-electron chi connectivity index (χ2n) is 4.37. The molecule has 0 aliphatic heterocycles. The first-order valence-corrected chi connectivity index (χ1v) is 6.54. The van der Waals surface area contributed by atoms with Crippen LogP contribution in [0.1, 0.15) is 17.3 Å². The molecule has 0 radical (unpaired) electrons. The molecule has 0 aliphatic rings. The Hall–Kier alpha value is -2.31. The number of rotatable bonds is 5. The maximum Gasteiger partial charge on any atom is 0.214 e. The molecular weight excluding hydrogens is 256 g/mol. The molecule has 0 unspecified atom stereocenters. The molecule has 7 nitrogen and oxygen atoms in total. The van der Waals surface area contributed by atoms with Crippen molar-refractivity contribution in [1.82, 2.24) is 25.4 Å². The Bertz CT molecular complexity index is 538. The maximum atomic E-state index is 5.50. The summed E-state index contributed by atoms with van der Waals surface area (Å²) in [5.74, 6) is 2.23. The van der Waals surface area contributed by atoms with Crippen LogP contribution in [0.25, 0.3) is 0 Å². The molecular formula is C13H20N6O. The summed E-state index contributed by atoms with van der Waals surface area (Å²) in [6, 6.07) is 1.90. The first-order chi connectivity index (χ1) is 9.69. The summed E-state index contributed by atoms with van der Waals surface area (Å²) in [7, 11) is 1.73. The van der Waals surface area contributed by atoms with Gasteiger partial charge in [-0.05, 0) is 19.9 Å². The van der Waals surface area contributed by atoms with E-state index in [1.54, 1.807) is 13.2 Å². The van der Waals surface area contributed by atoms with Crippen LogP contribution in [0.5, 0.6) is 0 Å². The fraction of sp³-hybridized carbons (Fsp3) is 0.462. The summed E-state index contributed by atoms with van der Waals surface area (Å²) in [5.41, 5.74) is 0.920. The minimum absolute atomic E-state index is 0.510. The van der Waals surface area contributed by atoms with E-state index in [0.29, 0.717) is 18.4 Å². The van der Waals surface area contributed by atoms with E-state index in [0.717, 1.165) is 24.5 Å². The summed E-state index contributed by atoms with van der Waals surface area (Å²) in [5, 5.41) is 10.5. The van der Waals surface area contributed by atoms with Gasteiger partial charge in [0.1, 0.15) is 5.76 Å². The van der Waals surface area contributed by atoms with Crippen LogP contribution in [0.15, 0.2) is 27.9 Å². The van der Waals surface area contributed by atoms with E-state index in [2.05, 4.69) is 25.7 Å². The van der Waals surface area contributed by atoms with Gasteiger partial charge >= 0.3 is 0 Å². The molecule has 20 heavy (non-hydrogen) atoms. The van der Waals surface area contributed by atoms with Crippen molar-refractivity contribution in [1.29, 1.82) is 0 Å². The minimum Gasteiger partial charge on any atom is -0.444 e.